The van der Waals surface area contributed by atoms with Crippen LogP contribution in [0.4, 0.5) is 0 Å². The molecule has 0 unspecified atom stereocenters. The highest BCUT2D eigenvalue weighted by Crippen LogP contribution is 2.33. The average Bonchev–Trinajstić information content (AvgIpc) is 2.54. The Balaban J connectivity index is 3.18. The van der Waals surface area contributed by atoms with Gasteiger partial charge in [-0.3, -0.25) is 9.59 Å². The fourth-order valence-electron chi connectivity index (χ4n) is 2.24. The number of carboxylic acids is 1. The summed E-state index contributed by atoms with van der Waals surface area (Å²) in [5, 5.41) is 27.1. The van der Waals surface area contributed by atoms with Crippen LogP contribution < -0.4 is 0 Å². The maximum absolute atomic E-state index is 12.3. The molecule has 0 fully saturated rings. The van der Waals surface area contributed by atoms with E-state index in [-0.39, 0.29) is 13.0 Å². The van der Waals surface area contributed by atoms with Crippen LogP contribution in [-0.2, 0) is 26.2 Å². The van der Waals surface area contributed by atoms with Crippen molar-refractivity contribution in [1.29, 1.82) is 10.5 Å². The molecule has 0 amide bonds. The van der Waals surface area contributed by atoms with Crippen LogP contribution in [0, 0.1) is 28.6 Å². The fourth-order valence-corrected chi connectivity index (χ4v) is 2.24. The molecule has 0 radical (unpaired) electrons. The number of aliphatic carboxylic acids is 1. The number of nitrogens with zero attached hydrogens (tertiary/aromatic N) is 2. The third kappa shape index (κ3) is 4.08. The minimum Gasteiger partial charge on any atom is -0.481 e. The van der Waals surface area contributed by atoms with E-state index in [1.807, 2.05) is 12.1 Å². The summed E-state index contributed by atoms with van der Waals surface area (Å²) >= 11 is 0. The zero-order valence-electron chi connectivity index (χ0n) is 13.1. The Morgan fingerprint density at radius 2 is 1.83 bits per heavy atom. The summed E-state index contributed by atoms with van der Waals surface area (Å²) in [5.41, 5.74) is -0.110. The molecular formula is C17H18N2O4. The van der Waals surface area contributed by atoms with Crippen molar-refractivity contribution in [2.45, 2.75) is 32.1 Å². The lowest BCUT2D eigenvalue weighted by atomic mass is 9.72. The van der Waals surface area contributed by atoms with Gasteiger partial charge in [0.15, 0.2) is 5.92 Å². The Morgan fingerprint density at radius 1 is 1.26 bits per heavy atom. The molecule has 6 heteroatoms. The Bertz CT molecular complexity index is 641. The minimum absolute atomic E-state index is 0.00745. The Kier molecular flexibility index (Phi) is 6.29. The van der Waals surface area contributed by atoms with Gasteiger partial charge < -0.3 is 9.84 Å². The van der Waals surface area contributed by atoms with Gasteiger partial charge in [0.2, 0.25) is 0 Å². The molecule has 0 aliphatic carbocycles. The third-order valence-electron chi connectivity index (χ3n) is 3.72. The van der Waals surface area contributed by atoms with Crippen LogP contribution >= 0.6 is 0 Å². The van der Waals surface area contributed by atoms with Gasteiger partial charge in [0, 0.05) is 6.42 Å². The van der Waals surface area contributed by atoms with Crippen LogP contribution in [0.1, 0.15) is 31.4 Å². The van der Waals surface area contributed by atoms with Crippen LogP contribution in [-0.4, -0.2) is 23.7 Å². The second-order valence-corrected chi connectivity index (χ2v) is 5.20. The summed E-state index contributed by atoms with van der Waals surface area (Å²) in [6, 6.07) is 10.4. The van der Waals surface area contributed by atoms with Crippen molar-refractivity contribution in [2.75, 3.05) is 6.61 Å². The van der Waals surface area contributed by atoms with Crippen LogP contribution in [0.5, 0.6) is 0 Å². The molecular weight excluding hydrogens is 296 g/mol. The molecule has 0 saturated carbocycles. The number of ether oxygens (including phenoxy) is 1. The van der Waals surface area contributed by atoms with Crippen LogP contribution in [0.25, 0.3) is 0 Å². The molecule has 120 valence electrons. The van der Waals surface area contributed by atoms with Crippen LogP contribution in [0.15, 0.2) is 24.3 Å². The van der Waals surface area contributed by atoms with Crippen molar-refractivity contribution < 1.29 is 19.4 Å². The van der Waals surface area contributed by atoms with Crippen LogP contribution in [0.3, 0.4) is 0 Å². The Morgan fingerprint density at radius 3 is 2.26 bits per heavy atom. The number of carbonyl (C=O) groups is 2. The largest absolute Gasteiger partial charge is 0.481 e. The highest BCUT2D eigenvalue weighted by atomic mass is 16.5. The normalized spacial score (nSPS) is 12.7. The summed E-state index contributed by atoms with van der Waals surface area (Å²) in [4.78, 5) is 22.9. The number of nitriles is 2. The van der Waals surface area contributed by atoms with Crippen molar-refractivity contribution in [1.82, 2.24) is 0 Å². The van der Waals surface area contributed by atoms with E-state index in [1.165, 1.54) is 6.92 Å². The van der Waals surface area contributed by atoms with Gasteiger partial charge in [-0.2, -0.15) is 10.5 Å². The van der Waals surface area contributed by atoms with Gasteiger partial charge in [-0.25, -0.2) is 0 Å². The SMILES string of the molecule is CCOC(=O)[C@@](C)(c1ccc(CCC(=O)O)cc1)C(C#N)C#N. The van der Waals surface area contributed by atoms with Gasteiger partial charge in [-0.1, -0.05) is 24.3 Å². The van der Waals surface area contributed by atoms with Crippen molar-refractivity contribution >= 4 is 11.9 Å². The standard InChI is InChI=1S/C17H18N2O4/c1-3-23-16(22)17(2,14(10-18)11-19)13-7-4-12(5-8-13)6-9-15(20)21/h4-5,7-8,14H,3,6,9H2,1-2H3,(H,20,21)/t17-/m0/s1. The van der Waals surface area contributed by atoms with E-state index in [1.54, 1.807) is 31.2 Å². The van der Waals surface area contributed by atoms with E-state index in [4.69, 9.17) is 9.84 Å². The number of carboxylic acid groups (broad SMARTS) is 1. The number of aryl methyl sites for hydroxylation is 1. The zero-order valence-corrected chi connectivity index (χ0v) is 13.1. The molecule has 6 nitrogen and oxygen atoms in total. The number of hydrogen-bond donors (Lipinski definition) is 1. The molecule has 0 saturated heterocycles. The zero-order chi connectivity index (χ0) is 17.5. The molecule has 0 spiro atoms. The van der Waals surface area contributed by atoms with E-state index in [9.17, 15) is 20.1 Å². The van der Waals surface area contributed by atoms with E-state index >= 15 is 0 Å². The summed E-state index contributed by atoms with van der Waals surface area (Å²) in [6.07, 6.45) is 0.374. The molecule has 0 aliphatic rings. The van der Waals surface area contributed by atoms with Gasteiger partial charge in [0.25, 0.3) is 0 Å². The van der Waals surface area contributed by atoms with Crippen LogP contribution in [0.2, 0.25) is 0 Å². The highest BCUT2D eigenvalue weighted by molar-refractivity contribution is 5.84. The molecule has 0 aromatic heterocycles. The smallest absolute Gasteiger partial charge is 0.318 e. The van der Waals surface area contributed by atoms with Gasteiger partial charge >= 0.3 is 11.9 Å². The van der Waals surface area contributed by atoms with E-state index in [2.05, 4.69) is 0 Å². The number of benzene rings is 1. The lowest BCUT2D eigenvalue weighted by molar-refractivity contribution is -0.150. The first-order valence-corrected chi connectivity index (χ1v) is 7.17. The molecule has 1 rings (SSSR count). The number of esters is 1. The van der Waals surface area contributed by atoms with Crippen molar-refractivity contribution in [2.24, 2.45) is 5.92 Å². The quantitative estimate of drug-likeness (QED) is 0.772. The molecule has 23 heavy (non-hydrogen) atoms. The first-order chi connectivity index (χ1) is 10.9. The van der Waals surface area contributed by atoms with E-state index in [0.717, 1.165) is 5.56 Å². The Labute approximate surface area is 134 Å². The molecule has 0 heterocycles. The minimum atomic E-state index is -1.40. The summed E-state index contributed by atoms with van der Waals surface area (Å²) < 4.78 is 5.04. The topological polar surface area (TPSA) is 111 Å². The molecule has 0 aliphatic heterocycles. The number of hydrogen-bond acceptors (Lipinski definition) is 5. The predicted molar refractivity (Wildman–Crippen MR) is 81.1 cm³/mol. The first-order valence-electron chi connectivity index (χ1n) is 7.17. The summed E-state index contributed by atoms with van der Waals surface area (Å²) in [7, 11) is 0. The maximum atomic E-state index is 12.3. The molecule has 1 N–H and O–H groups in total. The average molecular weight is 314 g/mol. The third-order valence-corrected chi connectivity index (χ3v) is 3.72. The van der Waals surface area contributed by atoms with Gasteiger partial charge in [-0.05, 0) is 31.4 Å². The number of carbonyl (C=O) groups excluding carboxylic acids is 1. The molecule has 1 atom stereocenters. The monoisotopic (exact) mass is 314 g/mol. The lowest BCUT2D eigenvalue weighted by Gasteiger charge is -2.28. The van der Waals surface area contributed by atoms with Crippen molar-refractivity contribution in [3.63, 3.8) is 0 Å². The second kappa shape index (κ2) is 7.95. The van der Waals surface area contributed by atoms with Gasteiger partial charge in [0.05, 0.1) is 18.7 Å². The second-order valence-electron chi connectivity index (χ2n) is 5.20. The summed E-state index contributed by atoms with van der Waals surface area (Å²) in [6.45, 7) is 3.31. The van der Waals surface area contributed by atoms with Gasteiger partial charge in [-0.15, -0.1) is 0 Å². The molecule has 1 aromatic rings. The van der Waals surface area contributed by atoms with E-state index < -0.39 is 23.3 Å². The highest BCUT2D eigenvalue weighted by Gasteiger charge is 2.45. The van der Waals surface area contributed by atoms with Crippen molar-refractivity contribution in [3.05, 3.63) is 35.4 Å². The maximum Gasteiger partial charge on any atom is 0.318 e. The molecule has 1 aromatic carbocycles. The van der Waals surface area contributed by atoms with Gasteiger partial charge in [0.1, 0.15) is 5.41 Å². The lowest BCUT2D eigenvalue weighted by Crippen LogP contribution is -2.40. The van der Waals surface area contributed by atoms with Crippen molar-refractivity contribution in [3.8, 4) is 12.1 Å². The fraction of sp³-hybridized carbons (Fsp3) is 0.412. The summed E-state index contributed by atoms with van der Waals surface area (Å²) in [5.74, 6) is -2.71. The first kappa shape index (κ1) is 18.2. The van der Waals surface area contributed by atoms with E-state index in [0.29, 0.717) is 12.0 Å². The number of rotatable bonds is 7. The molecule has 0 bridgehead atoms. The predicted octanol–water partition coefficient (Wildman–Crippen LogP) is 2.19. The Hall–Kier alpha value is -2.86.